The first kappa shape index (κ1) is 18.0. The molecular formula is C20H11BrCl2N2O2. The predicted octanol–water partition coefficient (Wildman–Crippen LogP) is 7.02. The highest BCUT2D eigenvalue weighted by molar-refractivity contribution is 9.10. The van der Waals surface area contributed by atoms with Crippen LogP contribution >= 0.6 is 39.1 Å². The molecule has 0 bridgehead atoms. The van der Waals surface area contributed by atoms with E-state index in [2.05, 4.69) is 25.9 Å². The van der Waals surface area contributed by atoms with Gasteiger partial charge in [0.2, 0.25) is 5.89 Å². The maximum atomic E-state index is 10.0. The number of aromatic hydroxyl groups is 1. The number of fused-ring (bicyclic) bond motifs is 1. The molecule has 0 amide bonds. The van der Waals surface area contributed by atoms with Gasteiger partial charge in [-0.3, -0.25) is 4.99 Å². The molecule has 4 aromatic rings. The SMILES string of the molecule is Oc1c(Cl)cc(Cl)cc1C=Nc1ccc2oc(-c3cccc(Br)c3)nc2c1. The van der Waals surface area contributed by atoms with E-state index >= 15 is 0 Å². The lowest BCUT2D eigenvalue weighted by molar-refractivity contribution is 0.475. The molecule has 0 saturated carbocycles. The summed E-state index contributed by atoms with van der Waals surface area (Å²) in [5.74, 6) is 0.468. The molecule has 27 heavy (non-hydrogen) atoms. The third-order valence-corrected chi connectivity index (χ3v) is 4.85. The summed E-state index contributed by atoms with van der Waals surface area (Å²) in [5, 5.41) is 10.6. The van der Waals surface area contributed by atoms with Gasteiger partial charge in [0, 0.05) is 26.8 Å². The molecule has 7 heteroatoms. The average Bonchev–Trinajstić information content (AvgIpc) is 3.07. The van der Waals surface area contributed by atoms with E-state index in [0.29, 0.717) is 33.3 Å². The number of oxazole rings is 1. The minimum Gasteiger partial charge on any atom is -0.506 e. The van der Waals surface area contributed by atoms with Crippen molar-refractivity contribution in [3.05, 3.63) is 74.7 Å². The van der Waals surface area contributed by atoms with E-state index in [4.69, 9.17) is 27.6 Å². The van der Waals surface area contributed by atoms with Crippen molar-refractivity contribution in [3.63, 3.8) is 0 Å². The number of hydrogen-bond acceptors (Lipinski definition) is 4. The van der Waals surface area contributed by atoms with Gasteiger partial charge >= 0.3 is 0 Å². The van der Waals surface area contributed by atoms with Crippen molar-refractivity contribution in [2.45, 2.75) is 0 Å². The van der Waals surface area contributed by atoms with Gasteiger partial charge in [-0.25, -0.2) is 4.98 Å². The predicted molar refractivity (Wildman–Crippen MR) is 113 cm³/mol. The molecule has 4 rings (SSSR count). The Balaban J connectivity index is 1.68. The first-order valence-electron chi connectivity index (χ1n) is 7.88. The van der Waals surface area contributed by atoms with Crippen molar-refractivity contribution in [1.82, 2.24) is 4.98 Å². The number of phenolic OH excluding ortho intramolecular Hbond substituents is 1. The number of halogens is 3. The zero-order valence-electron chi connectivity index (χ0n) is 13.7. The minimum atomic E-state index is -0.0655. The zero-order valence-corrected chi connectivity index (χ0v) is 16.8. The first-order chi connectivity index (χ1) is 13.0. The van der Waals surface area contributed by atoms with Crippen molar-refractivity contribution < 1.29 is 9.52 Å². The lowest BCUT2D eigenvalue weighted by Crippen LogP contribution is -1.84. The van der Waals surface area contributed by atoms with Gasteiger partial charge in [0.15, 0.2) is 5.58 Å². The Hall–Kier alpha value is -2.34. The number of aromatic nitrogens is 1. The maximum absolute atomic E-state index is 10.0. The summed E-state index contributed by atoms with van der Waals surface area (Å²) in [6, 6.07) is 16.2. The number of hydrogen-bond donors (Lipinski definition) is 1. The Kier molecular flexibility index (Phi) is 4.91. The van der Waals surface area contributed by atoms with E-state index < -0.39 is 0 Å². The fourth-order valence-electron chi connectivity index (χ4n) is 2.57. The molecule has 3 aromatic carbocycles. The van der Waals surface area contributed by atoms with Crippen LogP contribution in [0.2, 0.25) is 10.0 Å². The normalized spacial score (nSPS) is 11.5. The summed E-state index contributed by atoms with van der Waals surface area (Å²) in [6.07, 6.45) is 1.50. The van der Waals surface area contributed by atoms with Gasteiger partial charge in [-0.15, -0.1) is 0 Å². The molecule has 1 aromatic heterocycles. The third-order valence-electron chi connectivity index (χ3n) is 3.85. The van der Waals surface area contributed by atoms with E-state index in [1.165, 1.54) is 12.3 Å². The molecule has 0 spiro atoms. The fraction of sp³-hybridized carbons (Fsp3) is 0. The lowest BCUT2D eigenvalue weighted by atomic mass is 10.2. The summed E-state index contributed by atoms with van der Waals surface area (Å²) in [5.41, 5.74) is 3.32. The smallest absolute Gasteiger partial charge is 0.227 e. The van der Waals surface area contributed by atoms with Gasteiger partial charge in [0.05, 0.1) is 10.7 Å². The second-order valence-corrected chi connectivity index (χ2v) is 7.52. The Morgan fingerprint density at radius 3 is 2.74 bits per heavy atom. The molecule has 0 fully saturated rings. The summed E-state index contributed by atoms with van der Waals surface area (Å²) < 4.78 is 6.77. The number of benzene rings is 3. The highest BCUT2D eigenvalue weighted by Crippen LogP contribution is 2.31. The molecule has 0 aliphatic rings. The lowest BCUT2D eigenvalue weighted by Gasteiger charge is -2.02. The van der Waals surface area contributed by atoms with E-state index in [9.17, 15) is 5.11 Å². The van der Waals surface area contributed by atoms with Crippen LogP contribution in [-0.2, 0) is 0 Å². The van der Waals surface area contributed by atoms with Gasteiger partial charge in [-0.2, -0.15) is 0 Å². The van der Waals surface area contributed by atoms with Crippen LogP contribution in [-0.4, -0.2) is 16.3 Å². The molecule has 0 atom stereocenters. The Morgan fingerprint density at radius 2 is 1.93 bits per heavy atom. The zero-order chi connectivity index (χ0) is 19.0. The van der Waals surface area contributed by atoms with Crippen molar-refractivity contribution in [2.75, 3.05) is 0 Å². The average molecular weight is 462 g/mol. The van der Waals surface area contributed by atoms with Gasteiger partial charge < -0.3 is 9.52 Å². The van der Waals surface area contributed by atoms with E-state index in [-0.39, 0.29) is 10.8 Å². The molecular weight excluding hydrogens is 451 g/mol. The summed E-state index contributed by atoms with van der Waals surface area (Å²) in [4.78, 5) is 8.91. The van der Waals surface area contributed by atoms with Crippen LogP contribution in [0.3, 0.4) is 0 Å². The van der Waals surface area contributed by atoms with E-state index in [1.54, 1.807) is 24.3 Å². The largest absolute Gasteiger partial charge is 0.506 e. The van der Waals surface area contributed by atoms with Crippen LogP contribution in [0.1, 0.15) is 5.56 Å². The molecule has 0 radical (unpaired) electrons. The molecule has 0 aliphatic heterocycles. The third kappa shape index (κ3) is 3.86. The standard InChI is InChI=1S/C20H11BrCl2N2O2/c21-13-3-1-2-11(6-13)20-25-17-9-15(4-5-18(17)27-20)24-10-12-7-14(22)8-16(23)19(12)26/h1-10,26H. The summed E-state index contributed by atoms with van der Waals surface area (Å²) in [6.45, 7) is 0. The highest BCUT2D eigenvalue weighted by atomic mass is 79.9. The molecule has 0 saturated heterocycles. The van der Waals surface area contributed by atoms with Crippen LogP contribution in [0.5, 0.6) is 5.75 Å². The van der Waals surface area contributed by atoms with Crippen molar-refractivity contribution in [2.24, 2.45) is 4.99 Å². The van der Waals surface area contributed by atoms with Crippen LogP contribution in [0, 0.1) is 0 Å². The monoisotopic (exact) mass is 460 g/mol. The molecule has 0 aliphatic carbocycles. The Morgan fingerprint density at radius 1 is 1.07 bits per heavy atom. The fourth-order valence-corrected chi connectivity index (χ4v) is 3.48. The number of aliphatic imine (C=N–C) groups is 1. The molecule has 1 heterocycles. The topological polar surface area (TPSA) is 58.6 Å². The number of nitrogens with zero attached hydrogens (tertiary/aromatic N) is 2. The molecule has 4 nitrogen and oxygen atoms in total. The highest BCUT2D eigenvalue weighted by Gasteiger charge is 2.10. The van der Waals surface area contributed by atoms with E-state index in [0.717, 1.165) is 10.0 Å². The van der Waals surface area contributed by atoms with Gasteiger partial charge in [0.1, 0.15) is 11.3 Å². The second kappa shape index (κ2) is 7.35. The Labute approximate surface area is 173 Å². The van der Waals surface area contributed by atoms with Gasteiger partial charge in [0.25, 0.3) is 0 Å². The van der Waals surface area contributed by atoms with Crippen molar-refractivity contribution in [3.8, 4) is 17.2 Å². The maximum Gasteiger partial charge on any atom is 0.227 e. The van der Waals surface area contributed by atoms with Crippen LogP contribution in [0.4, 0.5) is 5.69 Å². The van der Waals surface area contributed by atoms with Crippen LogP contribution in [0.15, 0.2) is 68.5 Å². The van der Waals surface area contributed by atoms with E-state index in [1.807, 2.05) is 24.3 Å². The quantitative estimate of drug-likeness (QED) is 0.333. The molecule has 1 N–H and O–H groups in total. The van der Waals surface area contributed by atoms with Gasteiger partial charge in [-0.05, 0) is 48.5 Å². The molecule has 0 unspecified atom stereocenters. The van der Waals surface area contributed by atoms with Crippen LogP contribution in [0.25, 0.3) is 22.6 Å². The summed E-state index contributed by atoms with van der Waals surface area (Å²) >= 11 is 15.3. The minimum absolute atomic E-state index is 0.0655. The summed E-state index contributed by atoms with van der Waals surface area (Å²) in [7, 11) is 0. The first-order valence-corrected chi connectivity index (χ1v) is 9.43. The molecule has 134 valence electrons. The number of phenols is 1. The van der Waals surface area contributed by atoms with Gasteiger partial charge in [-0.1, -0.05) is 45.2 Å². The second-order valence-electron chi connectivity index (χ2n) is 5.77. The van der Waals surface area contributed by atoms with Crippen molar-refractivity contribution >= 4 is 62.1 Å². The van der Waals surface area contributed by atoms with Crippen molar-refractivity contribution in [1.29, 1.82) is 0 Å². The number of rotatable bonds is 3. The Bertz CT molecular complexity index is 1190. The van der Waals surface area contributed by atoms with Crippen LogP contribution < -0.4 is 0 Å².